The van der Waals surface area contributed by atoms with Crippen LogP contribution in [-0.4, -0.2) is 51.0 Å². The van der Waals surface area contributed by atoms with Gasteiger partial charge in [0.05, 0.1) is 5.75 Å². The van der Waals surface area contributed by atoms with Crippen LogP contribution >= 0.6 is 0 Å². The lowest BCUT2D eigenvalue weighted by Gasteiger charge is -2.24. The zero-order valence-electron chi connectivity index (χ0n) is 10.5. The lowest BCUT2D eigenvalue weighted by molar-refractivity contribution is 0.251. The molecule has 5 heteroatoms. The maximum absolute atomic E-state index is 11.3. The Hall–Kier alpha value is -0.130. The van der Waals surface area contributed by atoms with Crippen molar-refractivity contribution in [2.75, 3.05) is 31.6 Å². The predicted molar refractivity (Wildman–Crippen MR) is 67.1 cm³/mol. The van der Waals surface area contributed by atoms with Crippen molar-refractivity contribution in [3.05, 3.63) is 0 Å². The maximum Gasteiger partial charge on any atom is 0.147 e. The van der Waals surface area contributed by atoms with Crippen molar-refractivity contribution in [3.8, 4) is 0 Å². The largest absolute Gasteiger partial charge is 0.330 e. The molecule has 0 aromatic heterocycles. The Morgan fingerprint density at radius 2 is 2.06 bits per heavy atom. The fraction of sp³-hybridized carbons (Fsp3) is 1.00. The second-order valence-electron chi connectivity index (χ2n) is 5.23. The summed E-state index contributed by atoms with van der Waals surface area (Å²) in [7, 11) is -2.91. The van der Waals surface area contributed by atoms with Gasteiger partial charge in [-0.2, -0.15) is 0 Å². The summed E-state index contributed by atoms with van der Waals surface area (Å²) in [6.45, 7) is 6.90. The van der Waals surface area contributed by atoms with E-state index >= 15 is 0 Å². The Bertz CT molecular complexity index is 314. The van der Waals surface area contributed by atoms with Crippen molar-refractivity contribution >= 4 is 9.84 Å². The van der Waals surface area contributed by atoms with Crippen LogP contribution in [0.15, 0.2) is 0 Å². The lowest BCUT2D eigenvalue weighted by atomic mass is 9.93. The van der Waals surface area contributed by atoms with Crippen molar-refractivity contribution in [2.24, 2.45) is 17.6 Å². The van der Waals surface area contributed by atoms with E-state index in [0.717, 1.165) is 19.5 Å². The molecule has 0 radical (unpaired) electrons. The van der Waals surface area contributed by atoms with Gasteiger partial charge >= 0.3 is 0 Å². The van der Waals surface area contributed by atoms with Crippen LogP contribution < -0.4 is 5.73 Å². The van der Waals surface area contributed by atoms with E-state index in [9.17, 15) is 8.42 Å². The highest BCUT2D eigenvalue weighted by atomic mass is 32.2. The van der Waals surface area contributed by atoms with Crippen LogP contribution in [0, 0.1) is 11.8 Å². The van der Waals surface area contributed by atoms with E-state index in [1.807, 2.05) is 0 Å². The molecule has 0 aliphatic carbocycles. The maximum atomic E-state index is 11.3. The summed E-state index contributed by atoms with van der Waals surface area (Å²) in [4.78, 5) is 2.40. The first-order valence-corrected chi connectivity index (χ1v) is 8.01. The summed E-state index contributed by atoms with van der Waals surface area (Å²) in [6.07, 6.45) is 2.38. The van der Waals surface area contributed by atoms with Gasteiger partial charge in [-0.3, -0.25) is 0 Å². The molecule has 16 heavy (non-hydrogen) atoms. The first-order chi connectivity index (χ1) is 7.33. The van der Waals surface area contributed by atoms with Crippen LogP contribution in [0.4, 0.5) is 0 Å². The van der Waals surface area contributed by atoms with Crippen molar-refractivity contribution < 1.29 is 8.42 Å². The zero-order chi connectivity index (χ0) is 12.3. The van der Waals surface area contributed by atoms with Gasteiger partial charge in [-0.05, 0) is 45.2 Å². The molecule has 0 aromatic rings. The molecule has 0 bridgehead atoms. The number of hydrogen-bond donors (Lipinski definition) is 1. The van der Waals surface area contributed by atoms with Gasteiger partial charge in [0.2, 0.25) is 0 Å². The summed E-state index contributed by atoms with van der Waals surface area (Å²) >= 11 is 0. The SMILES string of the molecule is CC(C)N1CCC(C(CN)CS(C)(=O)=O)C1. The van der Waals surface area contributed by atoms with E-state index in [1.165, 1.54) is 6.26 Å². The van der Waals surface area contributed by atoms with Gasteiger partial charge in [0.15, 0.2) is 0 Å². The third-order valence-corrected chi connectivity index (χ3v) is 4.51. The highest BCUT2D eigenvalue weighted by Crippen LogP contribution is 2.26. The number of likely N-dealkylation sites (tertiary alicyclic amines) is 1. The molecule has 1 heterocycles. The highest BCUT2D eigenvalue weighted by molar-refractivity contribution is 7.90. The molecule has 0 saturated carbocycles. The summed E-state index contributed by atoms with van der Waals surface area (Å²) in [5.41, 5.74) is 5.70. The van der Waals surface area contributed by atoms with Gasteiger partial charge in [0.25, 0.3) is 0 Å². The Morgan fingerprint density at radius 3 is 2.44 bits per heavy atom. The molecule has 1 rings (SSSR count). The third-order valence-electron chi connectivity index (χ3n) is 3.47. The minimum atomic E-state index is -2.91. The van der Waals surface area contributed by atoms with Crippen LogP contribution in [0.5, 0.6) is 0 Å². The fourth-order valence-corrected chi connectivity index (χ4v) is 3.64. The average Bonchev–Trinajstić information content (AvgIpc) is 2.61. The van der Waals surface area contributed by atoms with Gasteiger partial charge in [0.1, 0.15) is 9.84 Å². The van der Waals surface area contributed by atoms with E-state index in [4.69, 9.17) is 5.73 Å². The number of rotatable bonds is 5. The Labute approximate surface area is 99.1 Å². The van der Waals surface area contributed by atoms with Crippen molar-refractivity contribution in [2.45, 2.75) is 26.3 Å². The standard InChI is InChI=1S/C11H24N2O2S/c1-9(2)13-5-4-10(7-13)11(6-12)8-16(3,14)15/h9-11H,4-8,12H2,1-3H3. The summed E-state index contributed by atoms with van der Waals surface area (Å²) in [5, 5.41) is 0. The Morgan fingerprint density at radius 1 is 1.44 bits per heavy atom. The molecule has 2 unspecified atom stereocenters. The summed E-state index contributed by atoms with van der Waals surface area (Å²) in [6, 6.07) is 0.543. The van der Waals surface area contributed by atoms with E-state index in [-0.39, 0.29) is 11.7 Å². The first-order valence-electron chi connectivity index (χ1n) is 5.95. The molecule has 0 spiro atoms. The number of sulfone groups is 1. The molecule has 0 amide bonds. The molecule has 2 N–H and O–H groups in total. The molecule has 2 atom stereocenters. The molecule has 1 fully saturated rings. The van der Waals surface area contributed by atoms with E-state index < -0.39 is 9.84 Å². The minimum absolute atomic E-state index is 0.124. The van der Waals surface area contributed by atoms with Crippen LogP contribution in [0.1, 0.15) is 20.3 Å². The normalized spacial score (nSPS) is 25.2. The predicted octanol–water partition coefficient (Wildman–Crippen LogP) is 0.336. The zero-order valence-corrected chi connectivity index (χ0v) is 11.3. The quantitative estimate of drug-likeness (QED) is 0.762. The number of nitrogens with two attached hydrogens (primary N) is 1. The second-order valence-corrected chi connectivity index (χ2v) is 7.41. The topological polar surface area (TPSA) is 63.4 Å². The van der Waals surface area contributed by atoms with Crippen LogP contribution in [-0.2, 0) is 9.84 Å². The third kappa shape index (κ3) is 4.03. The van der Waals surface area contributed by atoms with E-state index in [1.54, 1.807) is 0 Å². The fourth-order valence-electron chi connectivity index (χ4n) is 2.45. The Kier molecular flexibility index (Phi) is 4.76. The molecule has 1 aliphatic heterocycles. The van der Waals surface area contributed by atoms with Crippen LogP contribution in [0.25, 0.3) is 0 Å². The Balaban J connectivity index is 2.56. The van der Waals surface area contributed by atoms with Crippen molar-refractivity contribution in [1.82, 2.24) is 4.90 Å². The van der Waals surface area contributed by atoms with Gasteiger partial charge in [-0.15, -0.1) is 0 Å². The lowest BCUT2D eigenvalue weighted by Crippen LogP contribution is -2.34. The van der Waals surface area contributed by atoms with Gasteiger partial charge in [-0.1, -0.05) is 0 Å². The van der Waals surface area contributed by atoms with Gasteiger partial charge in [-0.25, -0.2) is 8.42 Å². The monoisotopic (exact) mass is 248 g/mol. The summed E-state index contributed by atoms with van der Waals surface area (Å²) in [5.74, 6) is 0.806. The van der Waals surface area contributed by atoms with E-state index in [2.05, 4.69) is 18.7 Å². The van der Waals surface area contributed by atoms with Gasteiger partial charge in [0, 0.05) is 18.8 Å². The molecule has 1 saturated heterocycles. The van der Waals surface area contributed by atoms with Crippen LogP contribution in [0.3, 0.4) is 0 Å². The van der Waals surface area contributed by atoms with Crippen LogP contribution in [0.2, 0.25) is 0 Å². The van der Waals surface area contributed by atoms with Gasteiger partial charge < -0.3 is 10.6 Å². The molecule has 96 valence electrons. The smallest absolute Gasteiger partial charge is 0.147 e. The molecule has 1 aliphatic rings. The van der Waals surface area contributed by atoms with E-state index in [0.29, 0.717) is 18.5 Å². The minimum Gasteiger partial charge on any atom is -0.330 e. The highest BCUT2D eigenvalue weighted by Gasteiger charge is 2.31. The summed E-state index contributed by atoms with van der Waals surface area (Å²) < 4.78 is 22.6. The van der Waals surface area contributed by atoms with Crippen molar-refractivity contribution in [1.29, 1.82) is 0 Å². The molecule has 0 aromatic carbocycles. The first kappa shape index (κ1) is 13.9. The average molecular weight is 248 g/mol. The molecular weight excluding hydrogens is 224 g/mol. The van der Waals surface area contributed by atoms with Crippen molar-refractivity contribution in [3.63, 3.8) is 0 Å². The molecule has 4 nitrogen and oxygen atoms in total. The molecular formula is C11H24N2O2S. The number of hydrogen-bond acceptors (Lipinski definition) is 4. The second kappa shape index (κ2) is 5.47. The number of nitrogens with zero attached hydrogens (tertiary/aromatic N) is 1.